The molecule has 0 atom stereocenters. The van der Waals surface area contributed by atoms with E-state index in [1.165, 1.54) is 31.5 Å². The summed E-state index contributed by atoms with van der Waals surface area (Å²) in [6.45, 7) is 0. The molecule has 0 saturated carbocycles. The summed E-state index contributed by atoms with van der Waals surface area (Å²) in [5.74, 6) is -1.56. The standard InChI is InChI=1S/C23H17Cl2N3O5/c1-32-17-8-5-15(6-9-17)23(31)33-18-4-2-3-14(11-18)13-26-28-22(30)21(29)27-16-7-10-19(24)20(25)12-16/h2-13H,1H3,(H,27,29)(H,28,30)/b26-13+. The predicted molar refractivity (Wildman–Crippen MR) is 125 cm³/mol. The second-order valence-electron chi connectivity index (χ2n) is 6.47. The maximum atomic E-state index is 12.3. The summed E-state index contributed by atoms with van der Waals surface area (Å²) < 4.78 is 10.4. The number of anilines is 1. The number of methoxy groups -OCH3 is 1. The van der Waals surface area contributed by atoms with Crippen LogP contribution in [0.4, 0.5) is 5.69 Å². The van der Waals surface area contributed by atoms with Gasteiger partial charge in [-0.05, 0) is 60.2 Å². The lowest BCUT2D eigenvalue weighted by Gasteiger charge is -2.06. The molecule has 0 saturated heterocycles. The van der Waals surface area contributed by atoms with Crippen molar-refractivity contribution >= 4 is 52.9 Å². The number of ether oxygens (including phenoxy) is 2. The van der Waals surface area contributed by atoms with Crippen molar-refractivity contribution < 1.29 is 23.9 Å². The molecule has 0 aliphatic carbocycles. The van der Waals surface area contributed by atoms with Crippen LogP contribution in [0.2, 0.25) is 10.0 Å². The van der Waals surface area contributed by atoms with E-state index in [0.717, 1.165) is 0 Å². The largest absolute Gasteiger partial charge is 0.497 e. The fourth-order valence-electron chi connectivity index (χ4n) is 2.53. The molecule has 2 N–H and O–H groups in total. The zero-order chi connectivity index (χ0) is 23.8. The molecule has 3 aromatic carbocycles. The van der Waals surface area contributed by atoms with Gasteiger partial charge in [0.25, 0.3) is 0 Å². The smallest absolute Gasteiger partial charge is 0.343 e. The number of hydrogen-bond acceptors (Lipinski definition) is 6. The van der Waals surface area contributed by atoms with E-state index in [0.29, 0.717) is 27.6 Å². The molecule has 3 aromatic rings. The van der Waals surface area contributed by atoms with Crippen LogP contribution in [0, 0.1) is 0 Å². The molecular formula is C23H17Cl2N3O5. The lowest BCUT2D eigenvalue weighted by atomic mass is 10.2. The van der Waals surface area contributed by atoms with Gasteiger partial charge in [-0.15, -0.1) is 0 Å². The van der Waals surface area contributed by atoms with Crippen molar-refractivity contribution in [2.45, 2.75) is 0 Å². The Morgan fingerprint density at radius 1 is 0.879 bits per heavy atom. The van der Waals surface area contributed by atoms with Crippen molar-refractivity contribution in [1.29, 1.82) is 0 Å². The third-order valence-corrected chi connectivity index (χ3v) is 4.90. The van der Waals surface area contributed by atoms with Crippen LogP contribution in [0.25, 0.3) is 0 Å². The summed E-state index contributed by atoms with van der Waals surface area (Å²) in [6, 6.07) is 17.4. The lowest BCUT2D eigenvalue weighted by molar-refractivity contribution is -0.136. The average molecular weight is 486 g/mol. The topological polar surface area (TPSA) is 106 Å². The molecule has 0 bridgehead atoms. The van der Waals surface area contributed by atoms with Crippen molar-refractivity contribution in [3.63, 3.8) is 0 Å². The van der Waals surface area contributed by atoms with E-state index >= 15 is 0 Å². The Morgan fingerprint density at radius 3 is 2.33 bits per heavy atom. The molecule has 10 heteroatoms. The molecule has 8 nitrogen and oxygen atoms in total. The Hall–Kier alpha value is -3.88. The first-order chi connectivity index (χ1) is 15.9. The molecular weight excluding hydrogens is 469 g/mol. The molecule has 33 heavy (non-hydrogen) atoms. The molecule has 0 aliphatic rings. The Kier molecular flexibility index (Phi) is 8.01. The maximum Gasteiger partial charge on any atom is 0.343 e. The van der Waals surface area contributed by atoms with Crippen LogP contribution < -0.4 is 20.2 Å². The number of halogens is 2. The van der Waals surface area contributed by atoms with E-state index in [9.17, 15) is 14.4 Å². The van der Waals surface area contributed by atoms with Gasteiger partial charge in [0.15, 0.2) is 0 Å². The number of carbonyl (C=O) groups excluding carboxylic acids is 3. The van der Waals surface area contributed by atoms with Gasteiger partial charge >= 0.3 is 17.8 Å². The molecule has 0 aromatic heterocycles. The van der Waals surface area contributed by atoms with Gasteiger partial charge in [-0.25, -0.2) is 10.2 Å². The summed E-state index contributed by atoms with van der Waals surface area (Å²) in [5, 5.41) is 6.68. The highest BCUT2D eigenvalue weighted by atomic mass is 35.5. The molecule has 2 amide bonds. The van der Waals surface area contributed by atoms with Crippen LogP contribution in [-0.4, -0.2) is 31.1 Å². The van der Waals surface area contributed by atoms with E-state index in [1.54, 1.807) is 48.5 Å². The Bertz CT molecular complexity index is 1210. The van der Waals surface area contributed by atoms with Gasteiger partial charge in [-0.2, -0.15) is 5.10 Å². The van der Waals surface area contributed by atoms with Gasteiger partial charge in [0.1, 0.15) is 11.5 Å². The van der Waals surface area contributed by atoms with Crippen molar-refractivity contribution in [2.24, 2.45) is 5.10 Å². The molecule has 0 radical (unpaired) electrons. The highest BCUT2D eigenvalue weighted by molar-refractivity contribution is 6.43. The summed E-state index contributed by atoms with van der Waals surface area (Å²) in [7, 11) is 1.53. The van der Waals surface area contributed by atoms with Gasteiger partial charge in [-0.1, -0.05) is 35.3 Å². The van der Waals surface area contributed by atoms with Crippen LogP contribution in [0.5, 0.6) is 11.5 Å². The SMILES string of the molecule is COc1ccc(C(=O)Oc2cccc(/C=N/NC(=O)C(=O)Nc3ccc(Cl)c(Cl)c3)c2)cc1. The quantitative estimate of drug-likeness (QED) is 0.178. The van der Waals surface area contributed by atoms with Crippen LogP contribution >= 0.6 is 23.2 Å². The second-order valence-corrected chi connectivity index (χ2v) is 7.29. The van der Waals surface area contributed by atoms with Crippen molar-refractivity contribution in [1.82, 2.24) is 5.43 Å². The Morgan fingerprint density at radius 2 is 1.64 bits per heavy atom. The highest BCUT2D eigenvalue weighted by Crippen LogP contribution is 2.25. The number of carbonyl (C=O) groups is 3. The van der Waals surface area contributed by atoms with Gasteiger partial charge in [-0.3, -0.25) is 9.59 Å². The lowest BCUT2D eigenvalue weighted by Crippen LogP contribution is -2.32. The van der Waals surface area contributed by atoms with Crippen LogP contribution in [0.1, 0.15) is 15.9 Å². The van der Waals surface area contributed by atoms with Gasteiger partial charge in [0, 0.05) is 5.69 Å². The van der Waals surface area contributed by atoms with Gasteiger partial charge in [0.05, 0.1) is 28.9 Å². The number of hydrazone groups is 1. The third-order valence-electron chi connectivity index (χ3n) is 4.16. The zero-order valence-electron chi connectivity index (χ0n) is 17.2. The number of benzene rings is 3. The number of amides is 2. The minimum absolute atomic E-state index is 0.237. The first-order valence-corrected chi connectivity index (χ1v) is 10.2. The summed E-state index contributed by atoms with van der Waals surface area (Å²) >= 11 is 11.7. The number of rotatable bonds is 6. The summed E-state index contributed by atoms with van der Waals surface area (Å²) in [5.41, 5.74) is 3.30. The normalized spacial score (nSPS) is 10.5. The fourth-order valence-corrected chi connectivity index (χ4v) is 2.83. The average Bonchev–Trinajstić information content (AvgIpc) is 2.81. The molecule has 0 spiro atoms. The van der Waals surface area contributed by atoms with E-state index in [4.69, 9.17) is 32.7 Å². The molecule has 0 heterocycles. The van der Waals surface area contributed by atoms with Crippen LogP contribution in [0.15, 0.2) is 71.8 Å². The maximum absolute atomic E-state index is 12.3. The number of nitrogens with one attached hydrogen (secondary N) is 2. The number of esters is 1. The first kappa shape index (κ1) is 23.8. The van der Waals surface area contributed by atoms with Gasteiger partial charge in [0.2, 0.25) is 0 Å². The minimum Gasteiger partial charge on any atom is -0.497 e. The van der Waals surface area contributed by atoms with Crippen molar-refractivity contribution in [3.05, 3.63) is 87.9 Å². The molecule has 0 unspecified atom stereocenters. The van der Waals surface area contributed by atoms with Gasteiger partial charge < -0.3 is 14.8 Å². The van der Waals surface area contributed by atoms with Crippen molar-refractivity contribution in [3.8, 4) is 11.5 Å². The summed E-state index contributed by atoms with van der Waals surface area (Å²) in [4.78, 5) is 36.2. The second kappa shape index (κ2) is 11.1. The van der Waals surface area contributed by atoms with Crippen LogP contribution in [0.3, 0.4) is 0 Å². The Balaban J connectivity index is 1.55. The third kappa shape index (κ3) is 6.80. The van der Waals surface area contributed by atoms with Crippen molar-refractivity contribution in [2.75, 3.05) is 12.4 Å². The van der Waals surface area contributed by atoms with E-state index in [1.807, 2.05) is 0 Å². The highest BCUT2D eigenvalue weighted by Gasteiger charge is 2.13. The molecule has 0 aliphatic heterocycles. The summed E-state index contributed by atoms with van der Waals surface area (Å²) in [6.07, 6.45) is 1.30. The zero-order valence-corrected chi connectivity index (χ0v) is 18.7. The monoisotopic (exact) mass is 485 g/mol. The molecule has 0 fully saturated rings. The number of hydrogen-bond donors (Lipinski definition) is 2. The Labute approximate surface area is 199 Å². The minimum atomic E-state index is -0.987. The predicted octanol–water partition coefficient (Wildman–Crippen LogP) is 4.31. The van der Waals surface area contributed by atoms with E-state index < -0.39 is 17.8 Å². The van der Waals surface area contributed by atoms with E-state index in [2.05, 4.69) is 15.8 Å². The molecule has 3 rings (SSSR count). The van der Waals surface area contributed by atoms with E-state index in [-0.39, 0.29) is 10.8 Å². The van der Waals surface area contributed by atoms with Crippen LogP contribution in [-0.2, 0) is 9.59 Å². The number of nitrogens with zero attached hydrogens (tertiary/aromatic N) is 1. The first-order valence-electron chi connectivity index (χ1n) is 9.41. The molecule has 168 valence electrons. The fraction of sp³-hybridized carbons (Fsp3) is 0.0435.